The van der Waals surface area contributed by atoms with Crippen molar-refractivity contribution in [3.05, 3.63) is 28.0 Å². The third-order valence-electron chi connectivity index (χ3n) is 3.35. The fourth-order valence-corrected chi connectivity index (χ4v) is 2.63. The highest BCUT2D eigenvalue weighted by Crippen LogP contribution is 2.23. The van der Waals surface area contributed by atoms with Crippen LogP contribution in [-0.2, 0) is 4.74 Å². The predicted octanol–water partition coefficient (Wildman–Crippen LogP) is 2.00. The zero-order valence-electron chi connectivity index (χ0n) is 11.1. The monoisotopic (exact) mass is 318 g/mol. The number of carbonyl (C=O) groups is 1. The molecule has 20 heavy (non-hydrogen) atoms. The number of hydrogen-bond acceptors (Lipinski definition) is 4. The molecule has 5 nitrogen and oxygen atoms in total. The van der Waals surface area contributed by atoms with Crippen molar-refractivity contribution in [1.82, 2.24) is 9.88 Å². The summed E-state index contributed by atoms with van der Waals surface area (Å²) in [5, 5.41) is 10.7. The number of nitrogens with zero attached hydrogens (tertiary/aromatic N) is 2. The lowest BCUT2D eigenvalue weighted by Crippen LogP contribution is -2.47. The van der Waals surface area contributed by atoms with Gasteiger partial charge >= 0.3 is 0 Å². The SMILES string of the molecule is CN(CC1(O)CCOCC1)C(=O)c1ccc(Cl)nc1Cl. The number of likely N-dealkylation sites (N-methyl/N-ethyl adjacent to an activating group) is 1. The Bertz CT molecular complexity index is 504. The molecule has 7 heteroatoms. The molecule has 110 valence electrons. The fraction of sp³-hybridized carbons (Fsp3) is 0.538. The van der Waals surface area contributed by atoms with E-state index in [1.54, 1.807) is 7.05 Å². The summed E-state index contributed by atoms with van der Waals surface area (Å²) < 4.78 is 5.21. The average Bonchev–Trinajstić information content (AvgIpc) is 2.38. The lowest BCUT2D eigenvalue weighted by atomic mass is 9.94. The predicted molar refractivity (Wildman–Crippen MR) is 76.2 cm³/mol. The maximum atomic E-state index is 12.3. The topological polar surface area (TPSA) is 62.7 Å². The van der Waals surface area contributed by atoms with Crippen molar-refractivity contribution in [3.8, 4) is 0 Å². The Balaban J connectivity index is 2.08. The Morgan fingerprint density at radius 2 is 2.10 bits per heavy atom. The highest BCUT2D eigenvalue weighted by Gasteiger charge is 2.33. The molecule has 0 aliphatic carbocycles. The Labute approximate surface area is 127 Å². The van der Waals surface area contributed by atoms with Gasteiger partial charge in [-0.05, 0) is 12.1 Å². The molecule has 0 atom stereocenters. The summed E-state index contributed by atoms with van der Waals surface area (Å²) in [5.41, 5.74) is -0.635. The summed E-state index contributed by atoms with van der Waals surface area (Å²) in [6, 6.07) is 3.04. The van der Waals surface area contributed by atoms with Crippen LogP contribution in [0.1, 0.15) is 23.2 Å². The zero-order valence-corrected chi connectivity index (χ0v) is 12.6. The molecule has 1 saturated heterocycles. The molecule has 1 aliphatic rings. The van der Waals surface area contributed by atoms with Crippen LogP contribution in [0.15, 0.2) is 12.1 Å². The normalized spacial score (nSPS) is 17.8. The molecule has 1 aromatic heterocycles. The molecule has 2 heterocycles. The van der Waals surface area contributed by atoms with E-state index >= 15 is 0 Å². The second kappa shape index (κ2) is 6.26. The number of rotatable bonds is 3. The summed E-state index contributed by atoms with van der Waals surface area (Å²) >= 11 is 11.6. The second-order valence-corrected chi connectivity index (χ2v) is 5.72. The molecule has 0 saturated carbocycles. The molecule has 0 radical (unpaired) electrons. The highest BCUT2D eigenvalue weighted by molar-refractivity contribution is 6.34. The highest BCUT2D eigenvalue weighted by atomic mass is 35.5. The molecule has 0 spiro atoms. The van der Waals surface area contributed by atoms with E-state index in [0.717, 1.165) is 0 Å². The van der Waals surface area contributed by atoms with Crippen molar-refractivity contribution in [2.24, 2.45) is 0 Å². The molecule has 0 aromatic carbocycles. The summed E-state index contributed by atoms with van der Waals surface area (Å²) in [4.78, 5) is 17.6. The first-order valence-electron chi connectivity index (χ1n) is 6.29. The van der Waals surface area contributed by atoms with Crippen LogP contribution < -0.4 is 0 Å². The summed E-state index contributed by atoms with van der Waals surface area (Å²) in [5.74, 6) is -0.293. The van der Waals surface area contributed by atoms with Crippen LogP contribution in [0.3, 0.4) is 0 Å². The van der Waals surface area contributed by atoms with Crippen LogP contribution >= 0.6 is 23.2 Å². The van der Waals surface area contributed by atoms with Crippen molar-refractivity contribution in [2.75, 3.05) is 26.8 Å². The largest absolute Gasteiger partial charge is 0.388 e. The molecule has 0 bridgehead atoms. The van der Waals surface area contributed by atoms with Gasteiger partial charge in [-0.1, -0.05) is 23.2 Å². The number of halogens is 2. The van der Waals surface area contributed by atoms with E-state index < -0.39 is 5.60 Å². The minimum Gasteiger partial charge on any atom is -0.388 e. The van der Waals surface area contributed by atoms with Crippen molar-refractivity contribution in [2.45, 2.75) is 18.4 Å². The van der Waals surface area contributed by atoms with Gasteiger partial charge in [0.2, 0.25) is 0 Å². The van der Waals surface area contributed by atoms with Gasteiger partial charge in [0.1, 0.15) is 10.3 Å². The van der Waals surface area contributed by atoms with Crippen molar-refractivity contribution in [1.29, 1.82) is 0 Å². The van der Waals surface area contributed by atoms with E-state index in [0.29, 0.717) is 26.1 Å². The first-order chi connectivity index (χ1) is 9.41. The van der Waals surface area contributed by atoms with E-state index in [1.807, 2.05) is 0 Å². The smallest absolute Gasteiger partial charge is 0.256 e. The lowest BCUT2D eigenvalue weighted by molar-refractivity contribution is -0.0734. The summed E-state index contributed by atoms with van der Waals surface area (Å²) in [7, 11) is 1.63. The van der Waals surface area contributed by atoms with E-state index in [1.165, 1.54) is 17.0 Å². The van der Waals surface area contributed by atoms with Gasteiger partial charge < -0.3 is 14.7 Å². The summed E-state index contributed by atoms with van der Waals surface area (Å²) in [6.07, 6.45) is 1.02. The van der Waals surface area contributed by atoms with Crippen LogP contribution in [-0.4, -0.2) is 53.3 Å². The molecule has 1 N–H and O–H groups in total. The maximum absolute atomic E-state index is 12.3. The average molecular weight is 319 g/mol. The van der Waals surface area contributed by atoms with Crippen LogP contribution in [0.2, 0.25) is 10.3 Å². The van der Waals surface area contributed by atoms with Gasteiger partial charge in [0.05, 0.1) is 11.2 Å². The molecule has 2 rings (SSSR count). The maximum Gasteiger partial charge on any atom is 0.256 e. The van der Waals surface area contributed by atoms with E-state index in [2.05, 4.69) is 4.98 Å². The van der Waals surface area contributed by atoms with Gasteiger partial charge in [0.15, 0.2) is 0 Å². The van der Waals surface area contributed by atoms with E-state index in [-0.39, 0.29) is 28.3 Å². The Hall–Kier alpha value is -0.880. The van der Waals surface area contributed by atoms with Crippen LogP contribution in [0.25, 0.3) is 0 Å². The first kappa shape index (κ1) is 15.5. The van der Waals surface area contributed by atoms with Gasteiger partial charge in [0, 0.05) is 39.6 Å². The third-order valence-corrected chi connectivity index (χ3v) is 3.85. The van der Waals surface area contributed by atoms with E-state index in [4.69, 9.17) is 27.9 Å². The number of pyridine rings is 1. The van der Waals surface area contributed by atoms with Crippen molar-refractivity contribution < 1.29 is 14.6 Å². The van der Waals surface area contributed by atoms with Crippen LogP contribution in [0, 0.1) is 0 Å². The zero-order chi connectivity index (χ0) is 14.8. The van der Waals surface area contributed by atoms with Crippen LogP contribution in [0.5, 0.6) is 0 Å². The molecular weight excluding hydrogens is 303 g/mol. The Kier molecular flexibility index (Phi) is 4.86. The van der Waals surface area contributed by atoms with Gasteiger partial charge in [-0.15, -0.1) is 0 Å². The quantitative estimate of drug-likeness (QED) is 0.866. The Morgan fingerprint density at radius 3 is 2.70 bits per heavy atom. The molecular formula is C13H16Cl2N2O3. The standard InChI is InChI=1S/C13H16Cl2N2O3/c1-17(8-13(19)4-6-20-7-5-13)12(18)9-2-3-10(14)16-11(9)15/h2-3,19H,4-8H2,1H3. The second-order valence-electron chi connectivity index (χ2n) is 4.97. The van der Waals surface area contributed by atoms with Crippen LogP contribution in [0.4, 0.5) is 0 Å². The van der Waals surface area contributed by atoms with Gasteiger partial charge in [0.25, 0.3) is 5.91 Å². The Morgan fingerprint density at radius 1 is 1.45 bits per heavy atom. The van der Waals surface area contributed by atoms with Crippen molar-refractivity contribution >= 4 is 29.1 Å². The number of ether oxygens (including phenoxy) is 1. The lowest BCUT2D eigenvalue weighted by Gasteiger charge is -2.35. The number of amides is 1. The minimum atomic E-state index is -0.908. The molecule has 1 amide bonds. The van der Waals surface area contributed by atoms with Gasteiger partial charge in [-0.2, -0.15) is 0 Å². The summed E-state index contributed by atoms with van der Waals surface area (Å²) in [6.45, 7) is 1.23. The molecule has 0 unspecified atom stereocenters. The third kappa shape index (κ3) is 3.61. The van der Waals surface area contributed by atoms with Gasteiger partial charge in [-0.3, -0.25) is 4.79 Å². The minimum absolute atomic E-state index is 0.0633. The number of aliphatic hydroxyl groups is 1. The number of carbonyl (C=O) groups excluding carboxylic acids is 1. The molecule has 1 aromatic rings. The van der Waals surface area contributed by atoms with Gasteiger partial charge in [-0.25, -0.2) is 4.98 Å². The molecule has 1 fully saturated rings. The fourth-order valence-electron chi connectivity index (χ4n) is 2.20. The van der Waals surface area contributed by atoms with E-state index in [9.17, 15) is 9.90 Å². The first-order valence-corrected chi connectivity index (χ1v) is 7.04. The van der Waals surface area contributed by atoms with Crippen molar-refractivity contribution in [3.63, 3.8) is 0 Å². The number of aromatic nitrogens is 1. The molecule has 1 aliphatic heterocycles. The number of hydrogen-bond donors (Lipinski definition) is 1.